The van der Waals surface area contributed by atoms with Crippen molar-refractivity contribution in [2.45, 2.75) is 51.5 Å². The van der Waals surface area contributed by atoms with Gasteiger partial charge in [0.2, 0.25) is 5.91 Å². The number of rotatable bonds is 3. The van der Waals surface area contributed by atoms with E-state index in [1.807, 2.05) is 0 Å². The molecular formula is C10H17NO2. The summed E-state index contributed by atoms with van der Waals surface area (Å²) in [5.41, 5.74) is -0.521. The summed E-state index contributed by atoms with van der Waals surface area (Å²) in [4.78, 5) is 22.6. The maximum absolute atomic E-state index is 11.4. The maximum Gasteiger partial charge on any atom is 0.220 e. The van der Waals surface area contributed by atoms with Gasteiger partial charge in [-0.15, -0.1) is 0 Å². The molecule has 13 heavy (non-hydrogen) atoms. The number of hydrogen-bond acceptors (Lipinski definition) is 2. The van der Waals surface area contributed by atoms with E-state index in [2.05, 4.69) is 5.32 Å². The molecule has 1 N–H and O–H groups in total. The van der Waals surface area contributed by atoms with Crippen LogP contribution in [0.4, 0.5) is 0 Å². The predicted octanol–water partition coefficient (Wildman–Crippen LogP) is 1.41. The number of hydrogen-bond donors (Lipinski definition) is 1. The molecule has 0 aromatic rings. The van der Waals surface area contributed by atoms with Gasteiger partial charge in [0.15, 0.2) is 5.78 Å². The number of nitrogens with one attached hydrogen (secondary N) is 1. The van der Waals surface area contributed by atoms with Crippen LogP contribution in [0, 0.1) is 0 Å². The zero-order valence-electron chi connectivity index (χ0n) is 8.35. The van der Waals surface area contributed by atoms with Crippen LogP contribution in [0.1, 0.15) is 46.0 Å². The second kappa shape index (κ2) is 3.90. The van der Waals surface area contributed by atoms with E-state index in [4.69, 9.17) is 0 Å². The molecular weight excluding hydrogens is 166 g/mol. The summed E-state index contributed by atoms with van der Waals surface area (Å²) in [5.74, 6) is 0.0869. The lowest BCUT2D eigenvalue weighted by Crippen LogP contribution is -2.51. The van der Waals surface area contributed by atoms with Crippen LogP contribution in [0.15, 0.2) is 0 Å². The summed E-state index contributed by atoms with van der Waals surface area (Å²) < 4.78 is 0. The van der Waals surface area contributed by atoms with E-state index in [0.717, 1.165) is 25.7 Å². The van der Waals surface area contributed by atoms with Crippen LogP contribution in [0.5, 0.6) is 0 Å². The number of carbonyl (C=O) groups is 2. The van der Waals surface area contributed by atoms with Gasteiger partial charge in [0, 0.05) is 6.42 Å². The molecule has 0 atom stereocenters. The zero-order chi connectivity index (χ0) is 9.90. The van der Waals surface area contributed by atoms with Gasteiger partial charge in [-0.25, -0.2) is 0 Å². The molecule has 0 aromatic carbocycles. The Hall–Kier alpha value is -0.860. The summed E-state index contributed by atoms with van der Waals surface area (Å²) in [6, 6.07) is 0. The molecule has 0 spiro atoms. The lowest BCUT2D eigenvalue weighted by atomic mass is 9.92. The van der Waals surface area contributed by atoms with Crippen molar-refractivity contribution in [3.05, 3.63) is 0 Å². The fourth-order valence-electron chi connectivity index (χ4n) is 1.90. The van der Waals surface area contributed by atoms with Gasteiger partial charge in [0.25, 0.3) is 0 Å². The molecule has 0 bridgehead atoms. The van der Waals surface area contributed by atoms with Crippen molar-refractivity contribution in [3.8, 4) is 0 Å². The Labute approximate surface area is 78.9 Å². The summed E-state index contributed by atoms with van der Waals surface area (Å²) in [6.45, 7) is 3.37. The maximum atomic E-state index is 11.4. The third kappa shape index (κ3) is 2.08. The molecule has 0 aromatic heterocycles. The van der Waals surface area contributed by atoms with Crippen molar-refractivity contribution in [2.24, 2.45) is 0 Å². The largest absolute Gasteiger partial charge is 0.344 e. The molecule has 1 saturated carbocycles. The minimum Gasteiger partial charge on any atom is -0.344 e. The smallest absolute Gasteiger partial charge is 0.220 e. The van der Waals surface area contributed by atoms with Crippen molar-refractivity contribution >= 4 is 11.7 Å². The molecule has 1 aliphatic rings. The van der Waals surface area contributed by atoms with Crippen molar-refractivity contribution in [3.63, 3.8) is 0 Å². The van der Waals surface area contributed by atoms with Gasteiger partial charge in [-0.3, -0.25) is 9.59 Å². The molecule has 1 fully saturated rings. The number of carbonyl (C=O) groups excluding carboxylic acids is 2. The molecule has 3 heteroatoms. The Kier molecular flexibility index (Phi) is 3.07. The Morgan fingerprint density at radius 2 is 1.85 bits per heavy atom. The summed E-state index contributed by atoms with van der Waals surface area (Å²) >= 11 is 0. The van der Waals surface area contributed by atoms with Crippen molar-refractivity contribution in [1.82, 2.24) is 5.32 Å². The third-order valence-corrected chi connectivity index (χ3v) is 2.83. The first kappa shape index (κ1) is 10.2. The van der Waals surface area contributed by atoms with Gasteiger partial charge in [-0.1, -0.05) is 19.8 Å². The van der Waals surface area contributed by atoms with E-state index in [0.29, 0.717) is 6.42 Å². The molecule has 0 radical (unpaired) electrons. The Bertz CT molecular complexity index is 217. The van der Waals surface area contributed by atoms with Gasteiger partial charge in [-0.2, -0.15) is 0 Å². The van der Waals surface area contributed by atoms with Crippen molar-refractivity contribution in [2.75, 3.05) is 0 Å². The highest BCUT2D eigenvalue weighted by Crippen LogP contribution is 2.30. The molecule has 1 rings (SSSR count). The molecule has 0 heterocycles. The van der Waals surface area contributed by atoms with E-state index in [1.165, 1.54) is 0 Å². The van der Waals surface area contributed by atoms with Crippen molar-refractivity contribution < 1.29 is 9.59 Å². The number of ketones is 1. The topological polar surface area (TPSA) is 46.2 Å². The first-order valence-corrected chi connectivity index (χ1v) is 4.93. The van der Waals surface area contributed by atoms with Crippen LogP contribution in [-0.4, -0.2) is 17.2 Å². The van der Waals surface area contributed by atoms with Crippen LogP contribution in [0.2, 0.25) is 0 Å². The van der Waals surface area contributed by atoms with Gasteiger partial charge in [-0.05, 0) is 19.8 Å². The Morgan fingerprint density at radius 3 is 2.23 bits per heavy atom. The molecule has 1 amide bonds. The van der Waals surface area contributed by atoms with Crippen LogP contribution in [0.25, 0.3) is 0 Å². The third-order valence-electron chi connectivity index (χ3n) is 2.83. The number of amides is 1. The standard InChI is InChI=1S/C10H17NO2/c1-3-9(13)11-10(8(2)12)6-4-5-7-10/h3-7H2,1-2H3,(H,11,13). The van der Waals surface area contributed by atoms with Crippen molar-refractivity contribution in [1.29, 1.82) is 0 Å². The summed E-state index contributed by atoms with van der Waals surface area (Å²) in [7, 11) is 0. The van der Waals surface area contributed by atoms with Gasteiger partial charge < -0.3 is 5.32 Å². The fourth-order valence-corrected chi connectivity index (χ4v) is 1.90. The van der Waals surface area contributed by atoms with E-state index in [1.54, 1.807) is 13.8 Å². The lowest BCUT2D eigenvalue weighted by molar-refractivity contribution is -0.130. The summed E-state index contributed by atoms with van der Waals surface area (Å²) in [6.07, 6.45) is 4.17. The molecule has 74 valence electrons. The van der Waals surface area contributed by atoms with Gasteiger partial charge >= 0.3 is 0 Å². The first-order valence-electron chi connectivity index (χ1n) is 4.93. The number of Topliss-reactive ketones (excluding diaryl/α,β-unsaturated/α-hetero) is 1. The van der Waals surface area contributed by atoms with E-state index < -0.39 is 5.54 Å². The minimum absolute atomic E-state index is 0.0166. The average molecular weight is 183 g/mol. The van der Waals surface area contributed by atoms with Crippen LogP contribution < -0.4 is 5.32 Å². The molecule has 3 nitrogen and oxygen atoms in total. The Balaban J connectivity index is 2.68. The quantitative estimate of drug-likeness (QED) is 0.719. The highest BCUT2D eigenvalue weighted by Gasteiger charge is 2.39. The van der Waals surface area contributed by atoms with E-state index in [9.17, 15) is 9.59 Å². The highest BCUT2D eigenvalue weighted by atomic mass is 16.2. The second-order valence-corrected chi connectivity index (χ2v) is 3.75. The normalized spacial score (nSPS) is 19.8. The lowest BCUT2D eigenvalue weighted by Gasteiger charge is -2.27. The molecule has 1 aliphatic carbocycles. The van der Waals surface area contributed by atoms with Gasteiger partial charge in [0.1, 0.15) is 0 Å². The van der Waals surface area contributed by atoms with Gasteiger partial charge in [0.05, 0.1) is 5.54 Å². The SMILES string of the molecule is CCC(=O)NC1(C(C)=O)CCCC1. The second-order valence-electron chi connectivity index (χ2n) is 3.75. The zero-order valence-corrected chi connectivity index (χ0v) is 8.35. The monoisotopic (exact) mass is 183 g/mol. The first-order chi connectivity index (χ1) is 6.10. The summed E-state index contributed by atoms with van der Waals surface area (Å²) in [5, 5.41) is 2.85. The van der Waals surface area contributed by atoms with Crippen LogP contribution in [0.3, 0.4) is 0 Å². The predicted molar refractivity (Wildman–Crippen MR) is 50.3 cm³/mol. The molecule has 0 aliphatic heterocycles. The average Bonchev–Trinajstić information content (AvgIpc) is 2.54. The van der Waals surface area contributed by atoms with E-state index in [-0.39, 0.29) is 11.7 Å². The van der Waals surface area contributed by atoms with Crippen LogP contribution >= 0.6 is 0 Å². The highest BCUT2D eigenvalue weighted by molar-refractivity contribution is 5.91. The molecule has 0 saturated heterocycles. The minimum atomic E-state index is -0.521. The Morgan fingerprint density at radius 1 is 1.31 bits per heavy atom. The van der Waals surface area contributed by atoms with E-state index >= 15 is 0 Å². The fraction of sp³-hybridized carbons (Fsp3) is 0.800. The molecule has 0 unspecified atom stereocenters. The van der Waals surface area contributed by atoms with Crippen LogP contribution in [-0.2, 0) is 9.59 Å².